The van der Waals surface area contributed by atoms with E-state index in [1.807, 2.05) is 0 Å². The fourth-order valence-corrected chi connectivity index (χ4v) is 2.65. The monoisotopic (exact) mass is 340 g/mol. The summed E-state index contributed by atoms with van der Waals surface area (Å²) in [5.74, 6) is -1.91. The van der Waals surface area contributed by atoms with Crippen molar-refractivity contribution in [2.24, 2.45) is 5.92 Å². The van der Waals surface area contributed by atoms with Crippen LogP contribution in [0.1, 0.15) is 12.8 Å². The maximum atomic E-state index is 13.5. The van der Waals surface area contributed by atoms with Crippen LogP contribution >= 0.6 is 15.9 Å². The van der Waals surface area contributed by atoms with Gasteiger partial charge in [0.25, 0.3) is 0 Å². The summed E-state index contributed by atoms with van der Waals surface area (Å²) in [7, 11) is 0. The highest BCUT2D eigenvalue weighted by Gasteiger charge is 2.42. The average Bonchev–Trinajstić information content (AvgIpc) is 2.33. The van der Waals surface area contributed by atoms with Crippen LogP contribution in [0.15, 0.2) is 16.6 Å². The Balaban J connectivity index is 2.25. The molecule has 1 unspecified atom stereocenters. The van der Waals surface area contributed by atoms with Gasteiger partial charge in [0.1, 0.15) is 5.82 Å². The lowest BCUT2D eigenvalue weighted by atomic mass is 9.97. The molecule has 0 amide bonds. The van der Waals surface area contributed by atoms with Gasteiger partial charge < -0.3 is 10.6 Å². The average molecular weight is 341 g/mol. The Kier molecular flexibility index (Phi) is 3.94. The van der Waals surface area contributed by atoms with Crippen molar-refractivity contribution in [2.45, 2.75) is 19.0 Å². The summed E-state index contributed by atoms with van der Waals surface area (Å²) in [5.41, 5.74) is 6.36. The number of nitrogens with zero attached hydrogens (tertiary/aromatic N) is 1. The maximum Gasteiger partial charge on any atom is 0.393 e. The number of anilines is 2. The second kappa shape index (κ2) is 5.19. The number of piperidine rings is 1. The first kappa shape index (κ1) is 14.4. The highest BCUT2D eigenvalue weighted by molar-refractivity contribution is 9.10. The molecule has 1 aromatic carbocycles. The van der Waals surface area contributed by atoms with Crippen LogP contribution in [0, 0.1) is 11.7 Å². The molecule has 106 valence electrons. The first-order valence-corrected chi connectivity index (χ1v) is 6.64. The van der Waals surface area contributed by atoms with Crippen LogP contribution in [0.3, 0.4) is 0 Å². The van der Waals surface area contributed by atoms with Gasteiger partial charge in [-0.25, -0.2) is 4.39 Å². The van der Waals surface area contributed by atoms with Crippen molar-refractivity contribution >= 4 is 27.3 Å². The van der Waals surface area contributed by atoms with E-state index < -0.39 is 17.9 Å². The normalized spacial score (nSPS) is 20.7. The Bertz CT molecular complexity index is 476. The molecule has 1 aliphatic heterocycles. The molecule has 1 aliphatic rings. The van der Waals surface area contributed by atoms with Crippen LogP contribution in [0.4, 0.5) is 28.9 Å². The van der Waals surface area contributed by atoms with E-state index in [9.17, 15) is 17.6 Å². The smallest absolute Gasteiger partial charge is 0.393 e. The molecule has 1 fully saturated rings. The van der Waals surface area contributed by atoms with Crippen molar-refractivity contribution in [2.75, 3.05) is 23.7 Å². The van der Waals surface area contributed by atoms with Gasteiger partial charge in [-0.05, 0) is 34.8 Å². The van der Waals surface area contributed by atoms with Gasteiger partial charge in [-0.2, -0.15) is 13.2 Å². The van der Waals surface area contributed by atoms with Crippen molar-refractivity contribution in [3.8, 4) is 0 Å². The molecule has 0 aliphatic carbocycles. The van der Waals surface area contributed by atoms with Gasteiger partial charge in [-0.1, -0.05) is 0 Å². The van der Waals surface area contributed by atoms with E-state index in [0.29, 0.717) is 18.7 Å². The second-order valence-corrected chi connectivity index (χ2v) is 5.51. The lowest BCUT2D eigenvalue weighted by Crippen LogP contribution is -2.42. The molecular formula is C12H13BrF4N2. The standard InChI is InChI=1S/C12H13BrF4N2/c13-8-4-10(18)11(5-9(8)14)19-3-1-2-7(6-19)12(15,16)17/h4-5,7H,1-3,6,18H2. The summed E-state index contributed by atoms with van der Waals surface area (Å²) in [6, 6.07) is 2.56. The largest absolute Gasteiger partial charge is 0.397 e. The molecule has 1 heterocycles. The van der Waals surface area contributed by atoms with Gasteiger partial charge in [0.2, 0.25) is 0 Å². The highest BCUT2D eigenvalue weighted by Crippen LogP contribution is 2.37. The van der Waals surface area contributed by atoms with Crippen LogP contribution in [-0.4, -0.2) is 19.3 Å². The predicted octanol–water partition coefficient (Wildman–Crippen LogP) is 3.95. The third kappa shape index (κ3) is 3.13. The Hall–Kier alpha value is -0.980. The number of benzene rings is 1. The molecule has 1 atom stereocenters. The van der Waals surface area contributed by atoms with Crippen LogP contribution in [0.2, 0.25) is 0 Å². The molecule has 2 rings (SSSR count). The molecule has 19 heavy (non-hydrogen) atoms. The predicted molar refractivity (Wildman–Crippen MR) is 69.5 cm³/mol. The highest BCUT2D eigenvalue weighted by atomic mass is 79.9. The summed E-state index contributed by atoms with van der Waals surface area (Å²) < 4.78 is 51.9. The number of alkyl halides is 3. The Morgan fingerprint density at radius 3 is 2.63 bits per heavy atom. The van der Waals surface area contributed by atoms with Gasteiger partial charge in [0, 0.05) is 19.2 Å². The lowest BCUT2D eigenvalue weighted by molar-refractivity contribution is -0.175. The van der Waals surface area contributed by atoms with Crippen molar-refractivity contribution in [1.29, 1.82) is 0 Å². The molecule has 0 bridgehead atoms. The fraction of sp³-hybridized carbons (Fsp3) is 0.500. The number of hydrogen-bond acceptors (Lipinski definition) is 2. The van der Waals surface area contributed by atoms with Crippen LogP contribution in [-0.2, 0) is 0 Å². The van der Waals surface area contributed by atoms with Crippen LogP contribution < -0.4 is 10.6 Å². The third-order valence-electron chi connectivity index (χ3n) is 3.29. The first-order chi connectivity index (χ1) is 8.79. The minimum absolute atomic E-state index is 0.110. The number of rotatable bonds is 1. The Labute approximate surface area is 116 Å². The zero-order valence-corrected chi connectivity index (χ0v) is 11.6. The van der Waals surface area contributed by atoms with E-state index >= 15 is 0 Å². The summed E-state index contributed by atoms with van der Waals surface area (Å²) >= 11 is 2.99. The Morgan fingerprint density at radius 2 is 2.00 bits per heavy atom. The molecule has 0 aromatic heterocycles. The SMILES string of the molecule is Nc1cc(Br)c(F)cc1N1CCCC(C(F)(F)F)C1. The Morgan fingerprint density at radius 1 is 1.32 bits per heavy atom. The molecule has 0 saturated carbocycles. The molecule has 7 heteroatoms. The van der Waals surface area contributed by atoms with Crippen molar-refractivity contribution in [3.05, 3.63) is 22.4 Å². The number of halogens is 5. The van der Waals surface area contributed by atoms with E-state index in [1.165, 1.54) is 17.0 Å². The molecule has 0 spiro atoms. The molecule has 1 aromatic rings. The number of nitrogen functional groups attached to an aromatic ring is 1. The van der Waals surface area contributed by atoms with E-state index in [4.69, 9.17) is 5.73 Å². The fourth-order valence-electron chi connectivity index (χ4n) is 2.29. The van der Waals surface area contributed by atoms with Crippen molar-refractivity contribution in [1.82, 2.24) is 0 Å². The zero-order chi connectivity index (χ0) is 14.2. The molecule has 1 saturated heterocycles. The summed E-state index contributed by atoms with van der Waals surface area (Å²) in [6.07, 6.45) is -3.69. The number of nitrogens with two attached hydrogens (primary N) is 1. The summed E-state index contributed by atoms with van der Waals surface area (Å²) in [4.78, 5) is 1.51. The zero-order valence-electron chi connectivity index (χ0n) is 9.97. The topological polar surface area (TPSA) is 29.3 Å². The minimum Gasteiger partial charge on any atom is -0.397 e. The number of hydrogen-bond donors (Lipinski definition) is 1. The summed E-state index contributed by atoms with van der Waals surface area (Å²) in [6.45, 7) is 0.284. The first-order valence-electron chi connectivity index (χ1n) is 5.85. The third-order valence-corrected chi connectivity index (χ3v) is 3.90. The van der Waals surface area contributed by atoms with Gasteiger partial charge >= 0.3 is 6.18 Å². The quantitative estimate of drug-likeness (QED) is 0.619. The van der Waals surface area contributed by atoms with E-state index in [1.54, 1.807) is 0 Å². The van der Waals surface area contributed by atoms with Crippen LogP contribution in [0.25, 0.3) is 0 Å². The maximum absolute atomic E-state index is 13.5. The van der Waals surface area contributed by atoms with Gasteiger partial charge in [0.05, 0.1) is 21.8 Å². The second-order valence-electron chi connectivity index (χ2n) is 4.65. The molecule has 0 radical (unpaired) electrons. The minimum atomic E-state index is -4.22. The molecule has 2 N–H and O–H groups in total. The van der Waals surface area contributed by atoms with Gasteiger partial charge in [0.15, 0.2) is 0 Å². The summed E-state index contributed by atoms with van der Waals surface area (Å²) in [5, 5.41) is 0. The van der Waals surface area contributed by atoms with E-state index in [-0.39, 0.29) is 23.1 Å². The lowest BCUT2D eigenvalue weighted by Gasteiger charge is -2.35. The molecular weight excluding hydrogens is 328 g/mol. The van der Waals surface area contributed by atoms with Gasteiger partial charge in [-0.3, -0.25) is 0 Å². The molecule has 2 nitrogen and oxygen atoms in total. The van der Waals surface area contributed by atoms with Crippen molar-refractivity contribution in [3.63, 3.8) is 0 Å². The van der Waals surface area contributed by atoms with Crippen molar-refractivity contribution < 1.29 is 17.6 Å². The van der Waals surface area contributed by atoms with E-state index in [0.717, 1.165) is 0 Å². The van der Waals surface area contributed by atoms with Crippen LogP contribution in [0.5, 0.6) is 0 Å². The van der Waals surface area contributed by atoms with Gasteiger partial charge in [-0.15, -0.1) is 0 Å². The van der Waals surface area contributed by atoms with E-state index in [2.05, 4.69) is 15.9 Å².